The molecule has 120 valence electrons. The number of hydrogen-bond donors (Lipinski definition) is 1. The summed E-state index contributed by atoms with van der Waals surface area (Å²) in [5.41, 5.74) is 0.0211. The Labute approximate surface area is 136 Å². The minimum absolute atomic E-state index is 0.447. The van der Waals surface area contributed by atoms with Crippen molar-refractivity contribution in [3.05, 3.63) is 64.7 Å². The number of carbonyl (C=O) groups excluding carboxylic acids is 2. The van der Waals surface area contributed by atoms with Gasteiger partial charge in [0.05, 0.1) is 5.56 Å². The highest BCUT2D eigenvalue weighted by Crippen LogP contribution is 2.15. The van der Waals surface area contributed by atoms with Gasteiger partial charge < -0.3 is 10.1 Å². The molecule has 7 heteroatoms. The normalized spacial score (nSPS) is 11.7. The maximum Gasteiger partial charge on any atom is 0.341 e. The van der Waals surface area contributed by atoms with Crippen LogP contribution in [0.25, 0.3) is 0 Å². The Bertz CT molecular complexity index is 735. The largest absolute Gasteiger partial charge is 0.449 e. The average molecular weight is 340 g/mol. The summed E-state index contributed by atoms with van der Waals surface area (Å²) in [6, 6.07) is 8.77. The molecule has 0 aromatic heterocycles. The van der Waals surface area contributed by atoms with Crippen molar-refractivity contribution in [3.8, 4) is 0 Å². The van der Waals surface area contributed by atoms with Gasteiger partial charge >= 0.3 is 5.97 Å². The van der Waals surface area contributed by atoms with Crippen molar-refractivity contribution in [1.29, 1.82) is 0 Å². The fourth-order valence-electron chi connectivity index (χ4n) is 1.71. The summed E-state index contributed by atoms with van der Waals surface area (Å²) in [6.45, 7) is 1.34. The van der Waals surface area contributed by atoms with E-state index in [4.69, 9.17) is 16.3 Å². The smallest absolute Gasteiger partial charge is 0.341 e. The van der Waals surface area contributed by atoms with Crippen molar-refractivity contribution in [2.24, 2.45) is 0 Å². The number of amides is 1. The number of esters is 1. The monoisotopic (exact) mass is 339 g/mol. The van der Waals surface area contributed by atoms with Crippen molar-refractivity contribution in [1.82, 2.24) is 0 Å². The quantitative estimate of drug-likeness (QED) is 0.862. The van der Waals surface area contributed by atoms with E-state index in [-0.39, 0.29) is 0 Å². The van der Waals surface area contributed by atoms with Crippen LogP contribution in [0.5, 0.6) is 0 Å². The molecular formula is C16H12ClF2NO3. The Balaban J connectivity index is 2.00. The van der Waals surface area contributed by atoms with E-state index in [1.54, 1.807) is 24.3 Å². The first kappa shape index (κ1) is 16.9. The van der Waals surface area contributed by atoms with E-state index in [2.05, 4.69) is 5.32 Å². The Hall–Kier alpha value is -2.47. The molecule has 23 heavy (non-hydrogen) atoms. The molecule has 0 spiro atoms. The fourth-order valence-corrected chi connectivity index (χ4v) is 1.84. The zero-order valence-electron chi connectivity index (χ0n) is 12.0. The van der Waals surface area contributed by atoms with Crippen LogP contribution < -0.4 is 5.32 Å². The summed E-state index contributed by atoms with van der Waals surface area (Å²) < 4.78 is 31.2. The van der Waals surface area contributed by atoms with Crippen molar-refractivity contribution >= 4 is 29.2 Å². The summed E-state index contributed by atoms with van der Waals surface area (Å²) in [4.78, 5) is 23.7. The molecule has 1 N–H and O–H groups in total. The standard InChI is InChI=1S/C16H12ClF2NO3/c1-9(15(21)20-12-5-2-10(17)3-6-12)23-16(22)13-7-4-11(18)8-14(13)19/h2-9H,1H3,(H,20,21)/t9-/m0/s1. The molecule has 0 heterocycles. The van der Waals surface area contributed by atoms with Crippen LogP contribution in [0.1, 0.15) is 17.3 Å². The van der Waals surface area contributed by atoms with Crippen LogP contribution in [0, 0.1) is 11.6 Å². The van der Waals surface area contributed by atoms with Crippen LogP contribution >= 0.6 is 11.6 Å². The SMILES string of the molecule is C[C@H](OC(=O)c1ccc(F)cc1F)C(=O)Nc1ccc(Cl)cc1. The van der Waals surface area contributed by atoms with Gasteiger partial charge in [-0.2, -0.15) is 0 Å². The van der Waals surface area contributed by atoms with Crippen LogP contribution in [-0.2, 0) is 9.53 Å². The Kier molecular flexibility index (Phi) is 5.28. The second kappa shape index (κ2) is 7.19. The predicted octanol–water partition coefficient (Wildman–Crippen LogP) is 3.80. The highest BCUT2D eigenvalue weighted by molar-refractivity contribution is 6.30. The summed E-state index contributed by atoms with van der Waals surface area (Å²) in [6.07, 6.45) is -1.16. The molecule has 0 fully saturated rings. The van der Waals surface area contributed by atoms with E-state index in [0.29, 0.717) is 16.8 Å². The first-order chi connectivity index (χ1) is 10.9. The van der Waals surface area contributed by atoms with Crippen molar-refractivity contribution in [3.63, 3.8) is 0 Å². The van der Waals surface area contributed by atoms with Crippen molar-refractivity contribution in [2.45, 2.75) is 13.0 Å². The molecule has 2 aromatic rings. The Morgan fingerprint density at radius 3 is 2.39 bits per heavy atom. The number of benzene rings is 2. The topological polar surface area (TPSA) is 55.4 Å². The lowest BCUT2D eigenvalue weighted by Crippen LogP contribution is -2.30. The van der Waals surface area contributed by atoms with Gasteiger partial charge in [-0.1, -0.05) is 11.6 Å². The van der Waals surface area contributed by atoms with Crippen molar-refractivity contribution in [2.75, 3.05) is 5.32 Å². The number of hydrogen-bond acceptors (Lipinski definition) is 3. The van der Waals surface area contributed by atoms with E-state index in [1.807, 2.05) is 0 Å². The maximum atomic E-state index is 13.5. The van der Waals surface area contributed by atoms with Crippen LogP contribution in [0.15, 0.2) is 42.5 Å². The van der Waals surface area contributed by atoms with Gasteiger partial charge in [-0.3, -0.25) is 4.79 Å². The number of carbonyl (C=O) groups is 2. The second-order valence-corrected chi connectivity index (χ2v) is 5.10. The average Bonchev–Trinajstić information content (AvgIpc) is 2.49. The third kappa shape index (κ3) is 4.50. The minimum atomic E-state index is -1.16. The number of rotatable bonds is 4. The van der Waals surface area contributed by atoms with Crippen LogP contribution in [0.3, 0.4) is 0 Å². The van der Waals surface area contributed by atoms with E-state index >= 15 is 0 Å². The lowest BCUT2D eigenvalue weighted by atomic mass is 10.2. The van der Waals surface area contributed by atoms with Gasteiger partial charge in [-0.05, 0) is 43.3 Å². The zero-order valence-corrected chi connectivity index (χ0v) is 12.7. The molecular weight excluding hydrogens is 328 g/mol. The lowest BCUT2D eigenvalue weighted by Gasteiger charge is -2.14. The number of ether oxygens (including phenoxy) is 1. The minimum Gasteiger partial charge on any atom is -0.449 e. The third-order valence-corrected chi connectivity index (χ3v) is 3.17. The highest BCUT2D eigenvalue weighted by Gasteiger charge is 2.21. The molecule has 0 aliphatic heterocycles. The summed E-state index contributed by atoms with van der Waals surface area (Å²) >= 11 is 5.73. The lowest BCUT2D eigenvalue weighted by molar-refractivity contribution is -0.123. The molecule has 0 radical (unpaired) electrons. The molecule has 2 aromatic carbocycles. The number of nitrogens with one attached hydrogen (secondary N) is 1. The molecule has 2 rings (SSSR count). The van der Waals surface area contributed by atoms with Gasteiger partial charge in [-0.15, -0.1) is 0 Å². The first-order valence-electron chi connectivity index (χ1n) is 6.59. The van der Waals surface area contributed by atoms with Crippen LogP contribution in [0.2, 0.25) is 5.02 Å². The molecule has 4 nitrogen and oxygen atoms in total. The first-order valence-corrected chi connectivity index (χ1v) is 6.97. The van der Waals surface area contributed by atoms with Crippen LogP contribution in [0.4, 0.5) is 14.5 Å². The highest BCUT2D eigenvalue weighted by atomic mass is 35.5. The summed E-state index contributed by atoms with van der Waals surface area (Å²) in [7, 11) is 0. The Morgan fingerprint density at radius 2 is 1.78 bits per heavy atom. The van der Waals surface area contributed by atoms with E-state index < -0.39 is 35.2 Å². The molecule has 0 aliphatic carbocycles. The summed E-state index contributed by atoms with van der Waals surface area (Å²) in [5, 5.41) is 3.03. The van der Waals surface area contributed by atoms with E-state index in [9.17, 15) is 18.4 Å². The van der Waals surface area contributed by atoms with Gasteiger partial charge in [0.15, 0.2) is 6.10 Å². The molecule has 1 atom stereocenters. The van der Waals surface area contributed by atoms with E-state index in [1.165, 1.54) is 6.92 Å². The van der Waals surface area contributed by atoms with Crippen molar-refractivity contribution < 1.29 is 23.1 Å². The molecule has 1 amide bonds. The van der Waals surface area contributed by atoms with Crippen LogP contribution in [-0.4, -0.2) is 18.0 Å². The number of halogens is 3. The van der Waals surface area contributed by atoms with Gasteiger partial charge in [0, 0.05) is 16.8 Å². The van der Waals surface area contributed by atoms with Gasteiger partial charge in [-0.25, -0.2) is 13.6 Å². The van der Waals surface area contributed by atoms with Gasteiger partial charge in [0.1, 0.15) is 11.6 Å². The van der Waals surface area contributed by atoms with Gasteiger partial charge in [0.25, 0.3) is 5.91 Å². The third-order valence-electron chi connectivity index (χ3n) is 2.92. The molecule has 0 saturated carbocycles. The number of anilines is 1. The fraction of sp³-hybridized carbons (Fsp3) is 0.125. The summed E-state index contributed by atoms with van der Waals surface area (Å²) in [5.74, 6) is -3.52. The zero-order chi connectivity index (χ0) is 17.0. The molecule has 0 bridgehead atoms. The van der Waals surface area contributed by atoms with Gasteiger partial charge in [0.2, 0.25) is 0 Å². The maximum absolute atomic E-state index is 13.5. The predicted molar refractivity (Wildman–Crippen MR) is 81.3 cm³/mol. The second-order valence-electron chi connectivity index (χ2n) is 4.67. The molecule has 0 saturated heterocycles. The van der Waals surface area contributed by atoms with E-state index in [0.717, 1.165) is 12.1 Å². The Morgan fingerprint density at radius 1 is 1.13 bits per heavy atom. The molecule has 0 unspecified atom stereocenters. The molecule has 0 aliphatic rings.